The van der Waals surface area contributed by atoms with E-state index in [9.17, 15) is 18.0 Å². The van der Waals surface area contributed by atoms with Crippen molar-refractivity contribution in [3.05, 3.63) is 35.9 Å². The molecule has 2 rings (SSSR count). The van der Waals surface area contributed by atoms with E-state index in [-0.39, 0.29) is 30.0 Å². The van der Waals surface area contributed by atoms with Gasteiger partial charge >= 0.3 is 6.18 Å². The van der Waals surface area contributed by atoms with Crippen molar-refractivity contribution < 1.29 is 18.0 Å². The Balaban J connectivity index is 2.00. The normalized spacial score (nSPS) is 23.1. The zero-order valence-corrected chi connectivity index (χ0v) is 13.0. The third kappa shape index (κ3) is 4.45. The number of alkyl halides is 3. The number of hydrogen-bond donors (Lipinski definition) is 2. The van der Waals surface area contributed by atoms with Crippen LogP contribution < -0.4 is 11.1 Å². The maximum Gasteiger partial charge on any atom is 0.407 e. The standard InChI is InChI=1S/C16H22F3N3O/c1-11-7-12(8-20)10-22(11)14(23)9-21-15(16(17,18)19)13-5-3-2-4-6-13/h2-6,11-12,15,21H,7-10,20H2,1H3. The van der Waals surface area contributed by atoms with Gasteiger partial charge in [0, 0.05) is 12.6 Å². The highest BCUT2D eigenvalue weighted by atomic mass is 19.4. The summed E-state index contributed by atoms with van der Waals surface area (Å²) in [6.45, 7) is 2.55. The van der Waals surface area contributed by atoms with Gasteiger partial charge < -0.3 is 10.6 Å². The molecule has 1 aliphatic heterocycles. The first kappa shape index (κ1) is 17.7. The molecule has 128 valence electrons. The average Bonchev–Trinajstić information content (AvgIpc) is 2.88. The maximum atomic E-state index is 13.2. The van der Waals surface area contributed by atoms with Gasteiger partial charge in [0.2, 0.25) is 5.91 Å². The Hall–Kier alpha value is -1.60. The quantitative estimate of drug-likeness (QED) is 0.869. The van der Waals surface area contributed by atoms with Crippen LogP contribution in [0.5, 0.6) is 0 Å². The van der Waals surface area contributed by atoms with Crippen LogP contribution in [0.2, 0.25) is 0 Å². The van der Waals surface area contributed by atoms with Crippen molar-refractivity contribution >= 4 is 5.91 Å². The lowest BCUT2D eigenvalue weighted by molar-refractivity contribution is -0.159. The van der Waals surface area contributed by atoms with Crippen LogP contribution in [0.1, 0.15) is 24.9 Å². The van der Waals surface area contributed by atoms with Crippen LogP contribution in [0.25, 0.3) is 0 Å². The Morgan fingerprint density at radius 1 is 1.39 bits per heavy atom. The summed E-state index contributed by atoms with van der Waals surface area (Å²) in [6, 6.07) is 5.71. The van der Waals surface area contributed by atoms with Crippen LogP contribution in [-0.4, -0.2) is 42.7 Å². The van der Waals surface area contributed by atoms with Gasteiger partial charge in [0.15, 0.2) is 0 Å². The van der Waals surface area contributed by atoms with E-state index in [0.717, 1.165) is 6.42 Å². The van der Waals surface area contributed by atoms with Crippen LogP contribution >= 0.6 is 0 Å². The van der Waals surface area contributed by atoms with Crippen LogP contribution in [-0.2, 0) is 4.79 Å². The maximum absolute atomic E-state index is 13.2. The van der Waals surface area contributed by atoms with E-state index >= 15 is 0 Å². The number of hydrogen-bond acceptors (Lipinski definition) is 3. The molecule has 1 saturated heterocycles. The van der Waals surface area contributed by atoms with Crippen molar-refractivity contribution in [2.75, 3.05) is 19.6 Å². The number of carbonyl (C=O) groups excluding carboxylic acids is 1. The van der Waals surface area contributed by atoms with E-state index in [1.165, 1.54) is 12.1 Å². The first-order valence-electron chi connectivity index (χ1n) is 7.67. The molecule has 3 atom stereocenters. The summed E-state index contributed by atoms with van der Waals surface area (Å²) in [5.41, 5.74) is 5.71. The number of nitrogens with zero attached hydrogens (tertiary/aromatic N) is 1. The van der Waals surface area contributed by atoms with Crippen molar-refractivity contribution in [2.24, 2.45) is 11.7 Å². The highest BCUT2D eigenvalue weighted by molar-refractivity contribution is 5.79. The lowest BCUT2D eigenvalue weighted by atomic mass is 10.1. The summed E-state index contributed by atoms with van der Waals surface area (Å²) in [5, 5.41) is 2.36. The Morgan fingerprint density at radius 2 is 2.04 bits per heavy atom. The molecule has 0 aliphatic carbocycles. The highest BCUT2D eigenvalue weighted by Crippen LogP contribution is 2.32. The molecule has 1 aliphatic rings. The molecule has 1 aromatic rings. The van der Waals surface area contributed by atoms with E-state index in [4.69, 9.17) is 5.73 Å². The van der Waals surface area contributed by atoms with Gasteiger partial charge in [0.1, 0.15) is 6.04 Å². The second-order valence-corrected chi connectivity index (χ2v) is 6.00. The Labute approximate surface area is 133 Å². The number of likely N-dealkylation sites (tertiary alicyclic amines) is 1. The lowest BCUT2D eigenvalue weighted by Crippen LogP contribution is -2.44. The summed E-state index contributed by atoms with van der Waals surface area (Å²) in [4.78, 5) is 13.8. The van der Waals surface area contributed by atoms with Crippen LogP contribution in [0.3, 0.4) is 0 Å². The molecule has 1 heterocycles. The Bertz CT molecular complexity index is 521. The van der Waals surface area contributed by atoms with Crippen molar-refractivity contribution in [2.45, 2.75) is 31.6 Å². The van der Waals surface area contributed by atoms with E-state index in [0.29, 0.717) is 13.1 Å². The van der Waals surface area contributed by atoms with Gasteiger partial charge in [-0.2, -0.15) is 13.2 Å². The van der Waals surface area contributed by atoms with Crippen LogP contribution in [0.15, 0.2) is 30.3 Å². The van der Waals surface area contributed by atoms with Crippen molar-refractivity contribution in [1.82, 2.24) is 10.2 Å². The van der Waals surface area contributed by atoms with Gasteiger partial charge in [-0.05, 0) is 31.4 Å². The molecule has 0 bridgehead atoms. The first-order valence-corrected chi connectivity index (χ1v) is 7.67. The molecule has 0 spiro atoms. The molecule has 7 heteroatoms. The summed E-state index contributed by atoms with van der Waals surface area (Å²) in [6.07, 6.45) is -3.67. The molecule has 3 N–H and O–H groups in total. The fourth-order valence-electron chi connectivity index (χ4n) is 3.02. The third-order valence-corrected chi connectivity index (χ3v) is 4.23. The third-order valence-electron chi connectivity index (χ3n) is 4.23. The largest absolute Gasteiger partial charge is 0.407 e. The minimum atomic E-state index is -4.46. The molecule has 0 aromatic heterocycles. The number of nitrogens with two attached hydrogens (primary N) is 1. The number of amides is 1. The van der Waals surface area contributed by atoms with E-state index in [1.807, 2.05) is 6.92 Å². The van der Waals surface area contributed by atoms with E-state index in [1.54, 1.807) is 23.1 Å². The highest BCUT2D eigenvalue weighted by Gasteiger charge is 2.41. The molecular weight excluding hydrogens is 307 g/mol. The van der Waals surface area contributed by atoms with E-state index in [2.05, 4.69) is 5.32 Å². The van der Waals surface area contributed by atoms with Gasteiger partial charge in [0.05, 0.1) is 6.54 Å². The van der Waals surface area contributed by atoms with Crippen molar-refractivity contribution in [3.8, 4) is 0 Å². The molecule has 0 saturated carbocycles. The van der Waals surface area contributed by atoms with Gasteiger partial charge in [-0.25, -0.2) is 0 Å². The zero-order chi connectivity index (χ0) is 17.0. The monoisotopic (exact) mass is 329 g/mol. The van der Waals surface area contributed by atoms with Crippen LogP contribution in [0.4, 0.5) is 13.2 Å². The minimum Gasteiger partial charge on any atom is -0.339 e. The molecule has 23 heavy (non-hydrogen) atoms. The van der Waals surface area contributed by atoms with Crippen LogP contribution in [0, 0.1) is 5.92 Å². The zero-order valence-electron chi connectivity index (χ0n) is 13.0. The van der Waals surface area contributed by atoms with Crippen molar-refractivity contribution in [1.29, 1.82) is 0 Å². The van der Waals surface area contributed by atoms with Gasteiger partial charge in [-0.3, -0.25) is 10.1 Å². The number of halogens is 3. The first-order chi connectivity index (χ1) is 10.8. The molecule has 0 radical (unpaired) electrons. The smallest absolute Gasteiger partial charge is 0.339 e. The molecule has 3 unspecified atom stereocenters. The predicted octanol–water partition coefficient (Wildman–Crippen LogP) is 2.08. The number of carbonyl (C=O) groups is 1. The molecule has 4 nitrogen and oxygen atoms in total. The minimum absolute atomic E-state index is 0.0129. The Morgan fingerprint density at radius 3 is 2.57 bits per heavy atom. The average molecular weight is 329 g/mol. The second kappa shape index (κ2) is 7.31. The predicted molar refractivity (Wildman–Crippen MR) is 81.6 cm³/mol. The summed E-state index contributed by atoms with van der Waals surface area (Å²) in [7, 11) is 0. The second-order valence-electron chi connectivity index (χ2n) is 6.00. The number of benzene rings is 1. The molecule has 1 aromatic carbocycles. The fraction of sp³-hybridized carbons (Fsp3) is 0.562. The molecule has 1 fully saturated rings. The summed E-state index contributed by atoms with van der Waals surface area (Å²) < 4.78 is 39.7. The molecule has 1 amide bonds. The summed E-state index contributed by atoms with van der Waals surface area (Å²) >= 11 is 0. The fourth-order valence-corrected chi connectivity index (χ4v) is 3.02. The Kier molecular flexibility index (Phi) is 5.64. The number of rotatable bonds is 5. The van der Waals surface area contributed by atoms with Gasteiger partial charge in [0.25, 0.3) is 0 Å². The van der Waals surface area contributed by atoms with Gasteiger partial charge in [-0.15, -0.1) is 0 Å². The number of nitrogens with one attached hydrogen (secondary N) is 1. The summed E-state index contributed by atoms with van der Waals surface area (Å²) in [5.74, 6) is -0.0971. The molecular formula is C16H22F3N3O. The topological polar surface area (TPSA) is 58.4 Å². The van der Waals surface area contributed by atoms with E-state index < -0.39 is 12.2 Å². The van der Waals surface area contributed by atoms with Crippen molar-refractivity contribution in [3.63, 3.8) is 0 Å². The SMILES string of the molecule is CC1CC(CN)CN1C(=O)CNC(c1ccccc1)C(F)(F)F. The lowest BCUT2D eigenvalue weighted by Gasteiger charge is -2.25. The van der Waals surface area contributed by atoms with Gasteiger partial charge in [-0.1, -0.05) is 30.3 Å².